The lowest BCUT2D eigenvalue weighted by Crippen LogP contribution is -2.50. The highest BCUT2D eigenvalue weighted by molar-refractivity contribution is 5.60. The molecular formula is C17H23N3O3. The topological polar surface area (TPSA) is 58.9 Å². The summed E-state index contributed by atoms with van der Waals surface area (Å²) in [6, 6.07) is 6.12. The number of nitro benzene ring substituents is 1. The average molecular weight is 317 g/mol. The number of ether oxygens (including phenoxy) is 1. The molecule has 0 N–H and O–H groups in total. The Morgan fingerprint density at radius 3 is 2.39 bits per heavy atom. The quantitative estimate of drug-likeness (QED) is 0.617. The third kappa shape index (κ3) is 3.13. The third-order valence-electron chi connectivity index (χ3n) is 5.19. The number of nitro groups is 1. The van der Waals surface area contributed by atoms with Crippen LogP contribution in [0, 0.1) is 10.1 Å². The molecule has 1 aromatic rings. The second kappa shape index (κ2) is 6.00. The van der Waals surface area contributed by atoms with E-state index < -0.39 is 0 Å². The molecule has 4 rings (SSSR count). The molecule has 3 fully saturated rings. The van der Waals surface area contributed by atoms with Gasteiger partial charge in [0.05, 0.1) is 11.0 Å². The number of rotatable bonds is 5. The first kappa shape index (κ1) is 14.8. The lowest BCUT2D eigenvalue weighted by atomic mass is 9.99. The Labute approximate surface area is 136 Å². The Balaban J connectivity index is 1.45. The molecule has 3 aliphatic rings. The number of piperidine rings is 1. The minimum absolute atomic E-state index is 0.0965. The molecule has 0 unspecified atom stereocenters. The zero-order valence-electron chi connectivity index (χ0n) is 13.3. The van der Waals surface area contributed by atoms with E-state index in [1.807, 2.05) is 6.07 Å². The van der Waals surface area contributed by atoms with Gasteiger partial charge in [-0.15, -0.1) is 0 Å². The average Bonchev–Trinajstić information content (AvgIpc) is 3.30. The largest absolute Gasteiger partial charge is 0.483 e. The Bertz CT molecular complexity index is 591. The standard InChI is InChI=1S/C17H23N3O3/c21-20(22)16-12-14(2-5-17(16)23-15-3-4-15)19-10-6-13(7-11-19)18-8-1-9-18/h2,5,12-13,15H,1,3-4,6-11H2. The van der Waals surface area contributed by atoms with Crippen LogP contribution in [-0.4, -0.2) is 48.1 Å². The summed E-state index contributed by atoms with van der Waals surface area (Å²) >= 11 is 0. The number of hydrogen-bond donors (Lipinski definition) is 0. The van der Waals surface area contributed by atoms with Gasteiger partial charge in [-0.1, -0.05) is 0 Å². The van der Waals surface area contributed by atoms with Gasteiger partial charge >= 0.3 is 5.69 Å². The maximum Gasteiger partial charge on any atom is 0.312 e. The zero-order valence-corrected chi connectivity index (χ0v) is 13.3. The lowest BCUT2D eigenvalue weighted by molar-refractivity contribution is -0.385. The van der Waals surface area contributed by atoms with E-state index in [4.69, 9.17) is 4.74 Å². The minimum Gasteiger partial charge on any atom is -0.483 e. The molecular weight excluding hydrogens is 294 g/mol. The Morgan fingerprint density at radius 2 is 1.83 bits per heavy atom. The molecule has 124 valence electrons. The van der Waals surface area contributed by atoms with E-state index in [2.05, 4.69) is 9.80 Å². The molecule has 1 aliphatic carbocycles. The van der Waals surface area contributed by atoms with E-state index in [9.17, 15) is 10.1 Å². The molecule has 0 bridgehead atoms. The van der Waals surface area contributed by atoms with E-state index in [0.29, 0.717) is 11.8 Å². The van der Waals surface area contributed by atoms with Gasteiger partial charge < -0.3 is 14.5 Å². The smallest absolute Gasteiger partial charge is 0.312 e. The highest BCUT2D eigenvalue weighted by Gasteiger charge is 2.30. The highest BCUT2D eigenvalue weighted by atomic mass is 16.6. The van der Waals surface area contributed by atoms with Crippen molar-refractivity contribution >= 4 is 11.4 Å². The molecule has 6 nitrogen and oxygen atoms in total. The molecule has 6 heteroatoms. The van der Waals surface area contributed by atoms with Crippen molar-refractivity contribution in [1.29, 1.82) is 0 Å². The molecule has 1 saturated carbocycles. The first-order chi connectivity index (χ1) is 11.2. The van der Waals surface area contributed by atoms with Gasteiger partial charge in [0.2, 0.25) is 0 Å². The highest BCUT2D eigenvalue weighted by Crippen LogP contribution is 2.36. The van der Waals surface area contributed by atoms with Crippen LogP contribution < -0.4 is 9.64 Å². The van der Waals surface area contributed by atoms with Gasteiger partial charge in [-0.2, -0.15) is 0 Å². The summed E-state index contributed by atoms with van der Waals surface area (Å²) in [6.07, 6.45) is 5.80. The second-order valence-electron chi connectivity index (χ2n) is 6.83. The minimum atomic E-state index is -0.325. The molecule has 0 spiro atoms. The fourth-order valence-electron chi connectivity index (χ4n) is 3.51. The number of anilines is 1. The second-order valence-corrected chi connectivity index (χ2v) is 6.83. The van der Waals surface area contributed by atoms with Crippen LogP contribution in [0.25, 0.3) is 0 Å². The SMILES string of the molecule is O=[N+]([O-])c1cc(N2CCC(N3CCC3)CC2)ccc1OC1CC1. The number of likely N-dealkylation sites (tertiary alicyclic amines) is 1. The van der Waals surface area contributed by atoms with Gasteiger partial charge in [0.25, 0.3) is 0 Å². The monoisotopic (exact) mass is 317 g/mol. The molecule has 0 atom stereocenters. The van der Waals surface area contributed by atoms with Crippen LogP contribution in [-0.2, 0) is 0 Å². The fourth-order valence-corrected chi connectivity index (χ4v) is 3.51. The van der Waals surface area contributed by atoms with Crippen molar-refractivity contribution in [2.45, 2.75) is 44.2 Å². The van der Waals surface area contributed by atoms with Crippen LogP contribution in [0.2, 0.25) is 0 Å². The van der Waals surface area contributed by atoms with Crippen molar-refractivity contribution in [3.8, 4) is 5.75 Å². The van der Waals surface area contributed by atoms with Crippen molar-refractivity contribution in [3.05, 3.63) is 28.3 Å². The van der Waals surface area contributed by atoms with Crippen LogP contribution in [0.4, 0.5) is 11.4 Å². The summed E-state index contributed by atoms with van der Waals surface area (Å²) in [4.78, 5) is 15.9. The maximum atomic E-state index is 11.3. The molecule has 23 heavy (non-hydrogen) atoms. The van der Waals surface area contributed by atoms with Crippen molar-refractivity contribution < 1.29 is 9.66 Å². The van der Waals surface area contributed by atoms with Gasteiger partial charge in [0.1, 0.15) is 0 Å². The Kier molecular flexibility index (Phi) is 3.85. The zero-order chi connectivity index (χ0) is 15.8. The van der Waals surface area contributed by atoms with E-state index in [1.165, 1.54) is 19.5 Å². The molecule has 1 aromatic carbocycles. The van der Waals surface area contributed by atoms with Gasteiger partial charge in [-0.25, -0.2) is 0 Å². The first-order valence-electron chi connectivity index (χ1n) is 8.65. The van der Waals surface area contributed by atoms with E-state index in [0.717, 1.165) is 44.5 Å². The fraction of sp³-hybridized carbons (Fsp3) is 0.647. The molecule has 0 aromatic heterocycles. The lowest BCUT2D eigenvalue weighted by Gasteiger charge is -2.43. The van der Waals surface area contributed by atoms with Crippen LogP contribution in [0.5, 0.6) is 5.75 Å². The molecule has 2 aliphatic heterocycles. The van der Waals surface area contributed by atoms with E-state index in [-0.39, 0.29) is 16.7 Å². The Hall–Kier alpha value is -1.82. The summed E-state index contributed by atoms with van der Waals surface area (Å²) in [6.45, 7) is 4.43. The third-order valence-corrected chi connectivity index (χ3v) is 5.19. The van der Waals surface area contributed by atoms with Crippen LogP contribution in [0.1, 0.15) is 32.1 Å². The predicted octanol–water partition coefficient (Wildman–Crippen LogP) is 2.81. The number of nitrogens with zero attached hydrogens (tertiary/aromatic N) is 3. The Morgan fingerprint density at radius 1 is 1.09 bits per heavy atom. The van der Waals surface area contributed by atoms with Crippen molar-refractivity contribution in [1.82, 2.24) is 4.90 Å². The van der Waals surface area contributed by atoms with Crippen molar-refractivity contribution in [3.63, 3.8) is 0 Å². The molecule has 2 heterocycles. The molecule has 0 amide bonds. The van der Waals surface area contributed by atoms with Crippen LogP contribution in [0.3, 0.4) is 0 Å². The van der Waals surface area contributed by atoms with Gasteiger partial charge in [-0.3, -0.25) is 10.1 Å². The van der Waals surface area contributed by atoms with Crippen LogP contribution in [0.15, 0.2) is 18.2 Å². The van der Waals surface area contributed by atoms with Gasteiger partial charge in [0, 0.05) is 30.9 Å². The van der Waals surface area contributed by atoms with E-state index >= 15 is 0 Å². The normalized spacial score (nSPS) is 22.7. The van der Waals surface area contributed by atoms with Crippen molar-refractivity contribution in [2.24, 2.45) is 0 Å². The summed E-state index contributed by atoms with van der Waals surface area (Å²) in [5.74, 6) is 0.414. The first-order valence-corrected chi connectivity index (χ1v) is 8.65. The summed E-state index contributed by atoms with van der Waals surface area (Å²) < 4.78 is 5.66. The van der Waals surface area contributed by atoms with Crippen LogP contribution >= 0.6 is 0 Å². The summed E-state index contributed by atoms with van der Waals surface area (Å²) in [5.41, 5.74) is 1.04. The summed E-state index contributed by atoms with van der Waals surface area (Å²) in [5, 5.41) is 11.3. The number of benzene rings is 1. The predicted molar refractivity (Wildman–Crippen MR) is 88.2 cm³/mol. The summed E-state index contributed by atoms with van der Waals surface area (Å²) in [7, 11) is 0. The maximum absolute atomic E-state index is 11.3. The number of hydrogen-bond acceptors (Lipinski definition) is 5. The van der Waals surface area contributed by atoms with Crippen molar-refractivity contribution in [2.75, 3.05) is 31.1 Å². The van der Waals surface area contributed by atoms with E-state index in [1.54, 1.807) is 12.1 Å². The molecule has 2 saturated heterocycles. The van der Waals surface area contributed by atoms with Gasteiger partial charge in [0.15, 0.2) is 5.75 Å². The van der Waals surface area contributed by atoms with Gasteiger partial charge in [-0.05, 0) is 57.3 Å². The molecule has 0 radical (unpaired) electrons.